The Morgan fingerprint density at radius 1 is 1.10 bits per heavy atom. The Balaban J connectivity index is 0.00000210. The summed E-state index contributed by atoms with van der Waals surface area (Å²) in [4.78, 5) is 22.3. The molecule has 1 aromatic rings. The van der Waals surface area contributed by atoms with E-state index in [-0.39, 0.29) is 24.8 Å². The van der Waals surface area contributed by atoms with E-state index in [9.17, 15) is 4.79 Å². The van der Waals surface area contributed by atoms with Gasteiger partial charge >= 0.3 is 0 Å². The first kappa shape index (κ1) is 25.6. The average Bonchev–Trinajstić information content (AvgIpc) is 2.96. The van der Waals surface area contributed by atoms with Gasteiger partial charge in [-0.15, -0.1) is 24.8 Å². The third-order valence-electron chi connectivity index (χ3n) is 5.54. The maximum atomic E-state index is 11.0. The topological polar surface area (TPSA) is 90.4 Å². The van der Waals surface area contributed by atoms with Crippen LogP contribution in [0.5, 0.6) is 0 Å². The van der Waals surface area contributed by atoms with Crippen molar-refractivity contribution in [1.82, 2.24) is 20.3 Å². The van der Waals surface area contributed by atoms with Crippen LogP contribution in [-0.4, -0.2) is 51.7 Å². The number of aromatic nitrogens is 2. The van der Waals surface area contributed by atoms with Crippen LogP contribution < -0.4 is 10.8 Å². The molecule has 3 rings (SSSR count). The second-order valence-corrected chi connectivity index (χ2v) is 7.74. The number of amides is 1. The lowest BCUT2D eigenvalue weighted by molar-refractivity contribution is -0.124. The molecule has 0 aromatic carbocycles. The molecule has 2 aliphatic rings. The van der Waals surface area contributed by atoms with Crippen molar-refractivity contribution in [3.63, 3.8) is 0 Å². The lowest BCUT2D eigenvalue weighted by atomic mass is 9.97. The first-order chi connectivity index (χ1) is 13.2. The van der Waals surface area contributed by atoms with Gasteiger partial charge in [0.25, 0.3) is 5.91 Å². The van der Waals surface area contributed by atoms with Gasteiger partial charge in [-0.05, 0) is 44.2 Å². The van der Waals surface area contributed by atoms with Crippen molar-refractivity contribution < 1.29 is 10.0 Å². The van der Waals surface area contributed by atoms with Gasteiger partial charge in [0.1, 0.15) is 5.82 Å². The summed E-state index contributed by atoms with van der Waals surface area (Å²) in [6.45, 7) is 3.51. The zero-order valence-electron chi connectivity index (χ0n) is 16.8. The number of halogens is 2. The van der Waals surface area contributed by atoms with Crippen LogP contribution in [0.25, 0.3) is 6.08 Å². The van der Waals surface area contributed by atoms with Crippen molar-refractivity contribution in [2.24, 2.45) is 5.92 Å². The van der Waals surface area contributed by atoms with E-state index in [0.29, 0.717) is 11.7 Å². The van der Waals surface area contributed by atoms with Crippen molar-refractivity contribution in [3.8, 4) is 0 Å². The van der Waals surface area contributed by atoms with Gasteiger partial charge < -0.3 is 10.2 Å². The van der Waals surface area contributed by atoms with Crippen LogP contribution in [0.15, 0.2) is 18.5 Å². The van der Waals surface area contributed by atoms with Gasteiger partial charge in [0, 0.05) is 25.2 Å². The Bertz CT molecular complexity index is 622. The monoisotopic (exact) mass is 445 g/mol. The molecule has 3 N–H and O–H groups in total. The summed E-state index contributed by atoms with van der Waals surface area (Å²) in [7, 11) is 0. The van der Waals surface area contributed by atoms with E-state index in [1.165, 1.54) is 70.2 Å². The molecule has 0 bridgehead atoms. The molecule has 164 valence electrons. The van der Waals surface area contributed by atoms with Gasteiger partial charge in [-0.25, -0.2) is 10.5 Å². The lowest BCUT2D eigenvalue weighted by Crippen LogP contribution is -2.44. The fourth-order valence-corrected chi connectivity index (χ4v) is 4.16. The summed E-state index contributed by atoms with van der Waals surface area (Å²) in [6, 6.07) is 0.403. The van der Waals surface area contributed by atoms with Gasteiger partial charge in [-0.3, -0.25) is 15.0 Å². The van der Waals surface area contributed by atoms with E-state index in [1.54, 1.807) is 17.9 Å². The van der Waals surface area contributed by atoms with Crippen molar-refractivity contribution in [2.45, 2.75) is 57.4 Å². The van der Waals surface area contributed by atoms with Crippen LogP contribution in [0.4, 0.5) is 5.82 Å². The maximum absolute atomic E-state index is 11.0. The number of nitrogens with one attached hydrogen (secondary N) is 2. The number of hydrogen-bond donors (Lipinski definition) is 3. The third-order valence-corrected chi connectivity index (χ3v) is 5.54. The van der Waals surface area contributed by atoms with Crippen LogP contribution in [0.2, 0.25) is 0 Å². The van der Waals surface area contributed by atoms with E-state index >= 15 is 0 Å². The summed E-state index contributed by atoms with van der Waals surface area (Å²) in [6.07, 6.45) is 16.8. The predicted octanol–water partition coefficient (Wildman–Crippen LogP) is 3.69. The molecule has 0 radical (unpaired) electrons. The van der Waals surface area contributed by atoms with Crippen molar-refractivity contribution in [1.29, 1.82) is 0 Å². The van der Waals surface area contributed by atoms with Crippen LogP contribution in [0, 0.1) is 5.92 Å². The van der Waals surface area contributed by atoms with Gasteiger partial charge in [-0.2, -0.15) is 0 Å². The zero-order chi connectivity index (χ0) is 18.9. The number of carbonyl (C=O) groups is 1. The molecule has 7 nitrogen and oxygen atoms in total. The Labute approximate surface area is 185 Å². The Morgan fingerprint density at radius 3 is 2.52 bits per heavy atom. The number of carbonyl (C=O) groups excluding carboxylic acids is 1. The van der Waals surface area contributed by atoms with Gasteiger partial charge in [-0.1, -0.05) is 25.7 Å². The third kappa shape index (κ3) is 8.86. The van der Waals surface area contributed by atoms with Crippen molar-refractivity contribution in [3.05, 3.63) is 24.2 Å². The van der Waals surface area contributed by atoms with Crippen LogP contribution in [0.3, 0.4) is 0 Å². The van der Waals surface area contributed by atoms with Crippen molar-refractivity contribution >= 4 is 42.6 Å². The minimum Gasteiger partial charge on any atom is -0.365 e. The normalized spacial score (nSPS) is 20.9. The summed E-state index contributed by atoms with van der Waals surface area (Å²) < 4.78 is 0. The largest absolute Gasteiger partial charge is 0.365 e. The number of piperidine rings is 1. The first-order valence-electron chi connectivity index (χ1n) is 10.2. The summed E-state index contributed by atoms with van der Waals surface area (Å²) in [5.74, 6) is 1.04. The standard InChI is InChI=1S/C20H31N5O2.2ClH/c26-20(24-27)10-9-17-12-22-19(13-21-17)23-18-8-5-11-25(15-18)14-16-6-3-1-2-4-7-16;;/h9-10,12-13,16,18,27H,1-8,11,14-15H2,(H,22,23)(H,24,26);2*1H/b10-9+;;/t18-;;/m1../s1. The number of hydrogen-bond acceptors (Lipinski definition) is 6. The second-order valence-electron chi connectivity index (χ2n) is 7.74. The van der Waals surface area contributed by atoms with E-state index in [1.807, 2.05) is 0 Å². The molecular weight excluding hydrogens is 413 g/mol. The number of nitrogens with zero attached hydrogens (tertiary/aromatic N) is 3. The number of anilines is 1. The average molecular weight is 446 g/mol. The zero-order valence-corrected chi connectivity index (χ0v) is 18.4. The molecule has 1 aromatic heterocycles. The summed E-state index contributed by atoms with van der Waals surface area (Å²) in [5.41, 5.74) is 2.12. The molecule has 1 saturated carbocycles. The molecule has 1 atom stereocenters. The minimum absolute atomic E-state index is 0. The molecule has 9 heteroatoms. The molecule has 2 fully saturated rings. The van der Waals surface area contributed by atoms with Crippen LogP contribution >= 0.6 is 24.8 Å². The molecule has 0 spiro atoms. The highest BCUT2D eigenvalue weighted by molar-refractivity contribution is 5.90. The highest BCUT2D eigenvalue weighted by Gasteiger charge is 2.23. The van der Waals surface area contributed by atoms with E-state index in [2.05, 4.69) is 20.2 Å². The first-order valence-corrected chi connectivity index (χ1v) is 10.2. The fourth-order valence-electron chi connectivity index (χ4n) is 4.16. The summed E-state index contributed by atoms with van der Waals surface area (Å²) in [5, 5.41) is 12.0. The molecule has 1 amide bonds. The molecule has 1 aliphatic carbocycles. The maximum Gasteiger partial charge on any atom is 0.267 e. The summed E-state index contributed by atoms with van der Waals surface area (Å²) >= 11 is 0. The van der Waals surface area contributed by atoms with Gasteiger partial charge in [0.05, 0.1) is 18.1 Å². The number of rotatable bonds is 6. The molecule has 29 heavy (non-hydrogen) atoms. The smallest absolute Gasteiger partial charge is 0.267 e. The fraction of sp³-hybridized carbons (Fsp3) is 0.650. The Kier molecular flexibility index (Phi) is 12.1. The Morgan fingerprint density at radius 2 is 1.86 bits per heavy atom. The molecule has 1 saturated heterocycles. The number of hydroxylamine groups is 1. The number of likely N-dealkylation sites (tertiary alicyclic amines) is 1. The molecule has 0 unspecified atom stereocenters. The van der Waals surface area contributed by atoms with Gasteiger partial charge in [0.2, 0.25) is 0 Å². The second kappa shape index (κ2) is 13.7. The predicted molar refractivity (Wildman–Crippen MR) is 120 cm³/mol. The van der Waals surface area contributed by atoms with Crippen LogP contribution in [0.1, 0.15) is 57.1 Å². The highest BCUT2D eigenvalue weighted by Crippen LogP contribution is 2.25. The van der Waals surface area contributed by atoms with Crippen LogP contribution in [-0.2, 0) is 4.79 Å². The minimum atomic E-state index is -0.588. The SMILES string of the molecule is Cl.Cl.O=C(/C=C/c1cnc(N[C@@H]2CCCN(CC3CCCCCC3)C2)cn1)NO. The van der Waals surface area contributed by atoms with E-state index < -0.39 is 5.91 Å². The lowest BCUT2D eigenvalue weighted by Gasteiger charge is -2.35. The van der Waals surface area contributed by atoms with Gasteiger partial charge in [0.15, 0.2) is 0 Å². The van der Waals surface area contributed by atoms with E-state index in [0.717, 1.165) is 24.7 Å². The van der Waals surface area contributed by atoms with E-state index in [4.69, 9.17) is 5.21 Å². The Hall–Kier alpha value is -1.41. The molecule has 2 heterocycles. The quantitative estimate of drug-likeness (QED) is 0.267. The van der Waals surface area contributed by atoms with Crippen molar-refractivity contribution in [2.75, 3.05) is 25.0 Å². The highest BCUT2D eigenvalue weighted by atomic mass is 35.5. The molecular formula is C20H33Cl2N5O2. The molecule has 1 aliphatic heterocycles.